The van der Waals surface area contributed by atoms with Gasteiger partial charge in [0.15, 0.2) is 0 Å². The van der Waals surface area contributed by atoms with Crippen molar-refractivity contribution < 1.29 is 14.6 Å². The highest BCUT2D eigenvalue weighted by Gasteiger charge is 2.33. The molecule has 1 aromatic carbocycles. The lowest BCUT2D eigenvalue weighted by Crippen LogP contribution is -2.12. The first-order valence-corrected chi connectivity index (χ1v) is 9.48. The second kappa shape index (κ2) is 7.72. The molecule has 1 aliphatic heterocycles. The highest BCUT2D eigenvalue weighted by molar-refractivity contribution is 8.18. The molecular formula is C19H17NO3S2. The van der Waals surface area contributed by atoms with Crippen molar-refractivity contribution in [3.63, 3.8) is 0 Å². The van der Waals surface area contributed by atoms with E-state index in [9.17, 15) is 9.90 Å². The zero-order valence-electron chi connectivity index (χ0n) is 13.9. The number of aliphatic hydroxyl groups is 1. The van der Waals surface area contributed by atoms with E-state index in [2.05, 4.69) is 4.99 Å². The van der Waals surface area contributed by atoms with Gasteiger partial charge in [-0.3, -0.25) is 0 Å². The molecule has 0 spiro atoms. The zero-order valence-corrected chi connectivity index (χ0v) is 15.5. The van der Waals surface area contributed by atoms with E-state index in [1.807, 2.05) is 54.8 Å². The van der Waals surface area contributed by atoms with Crippen molar-refractivity contribution in [2.45, 2.75) is 13.8 Å². The molecule has 0 bridgehead atoms. The van der Waals surface area contributed by atoms with Gasteiger partial charge >= 0.3 is 5.97 Å². The standard InChI is InChI=1S/C19H17NO3S2/c1-3-23-19(22)16-17(21)15(11-14-12(2)9-10-24-14)25-18(16)20-13-7-5-4-6-8-13/h4-11,21H,3H2,1-2H3/b15-11-,20-18?. The summed E-state index contributed by atoms with van der Waals surface area (Å²) in [6.45, 7) is 3.98. The van der Waals surface area contributed by atoms with Crippen LogP contribution in [0, 0.1) is 6.92 Å². The van der Waals surface area contributed by atoms with E-state index in [0.717, 1.165) is 10.4 Å². The largest absolute Gasteiger partial charge is 0.506 e. The fourth-order valence-electron chi connectivity index (χ4n) is 2.26. The fourth-order valence-corrected chi connectivity index (χ4v) is 4.21. The summed E-state index contributed by atoms with van der Waals surface area (Å²) in [5.74, 6) is -0.639. The number of hydrogen-bond acceptors (Lipinski definition) is 6. The molecule has 0 atom stereocenters. The molecule has 0 amide bonds. The van der Waals surface area contributed by atoms with Gasteiger partial charge < -0.3 is 9.84 Å². The third-order valence-corrected chi connectivity index (χ3v) is 5.51. The van der Waals surface area contributed by atoms with Crippen LogP contribution in [0.4, 0.5) is 5.69 Å². The number of thiophene rings is 1. The average Bonchev–Trinajstić information content (AvgIpc) is 3.13. The molecule has 25 heavy (non-hydrogen) atoms. The van der Waals surface area contributed by atoms with Crippen LogP contribution in [0.2, 0.25) is 0 Å². The minimum Gasteiger partial charge on any atom is -0.506 e. The molecular weight excluding hydrogens is 354 g/mol. The summed E-state index contributed by atoms with van der Waals surface area (Å²) in [5, 5.41) is 13.0. The summed E-state index contributed by atoms with van der Waals surface area (Å²) >= 11 is 2.86. The zero-order chi connectivity index (χ0) is 17.8. The Hall–Kier alpha value is -2.31. The van der Waals surface area contributed by atoms with Crippen molar-refractivity contribution in [1.82, 2.24) is 0 Å². The van der Waals surface area contributed by atoms with E-state index in [-0.39, 0.29) is 17.9 Å². The number of hydrogen-bond donors (Lipinski definition) is 1. The Morgan fingerprint density at radius 1 is 1.28 bits per heavy atom. The van der Waals surface area contributed by atoms with Crippen molar-refractivity contribution >= 4 is 45.9 Å². The van der Waals surface area contributed by atoms with Crippen LogP contribution in [-0.2, 0) is 9.53 Å². The second-order valence-corrected chi connectivity index (χ2v) is 7.25. The first-order valence-electron chi connectivity index (χ1n) is 7.78. The van der Waals surface area contributed by atoms with Crippen LogP contribution in [0.1, 0.15) is 17.4 Å². The van der Waals surface area contributed by atoms with Crippen LogP contribution in [0.15, 0.2) is 63.0 Å². The number of carbonyl (C=O) groups excluding carboxylic acids is 1. The number of nitrogens with zero attached hydrogens (tertiary/aromatic N) is 1. The van der Waals surface area contributed by atoms with Gasteiger partial charge in [-0.15, -0.1) is 11.3 Å². The first kappa shape index (κ1) is 17.5. The summed E-state index contributed by atoms with van der Waals surface area (Å²) in [6, 6.07) is 11.4. The van der Waals surface area contributed by atoms with Gasteiger partial charge in [-0.05, 0) is 49.1 Å². The van der Waals surface area contributed by atoms with Gasteiger partial charge in [0.2, 0.25) is 0 Å². The maximum Gasteiger partial charge on any atom is 0.344 e. The number of rotatable bonds is 4. The minimum absolute atomic E-state index is 0.0778. The van der Waals surface area contributed by atoms with Crippen molar-refractivity contribution in [2.24, 2.45) is 4.99 Å². The molecule has 1 aliphatic rings. The molecule has 4 nitrogen and oxygen atoms in total. The molecule has 6 heteroatoms. The highest BCUT2D eigenvalue weighted by Crippen LogP contribution is 2.41. The lowest BCUT2D eigenvalue weighted by molar-refractivity contribution is -0.138. The minimum atomic E-state index is -0.562. The van der Waals surface area contributed by atoms with Gasteiger partial charge in [0.05, 0.1) is 17.2 Å². The lowest BCUT2D eigenvalue weighted by Gasteiger charge is -2.03. The van der Waals surface area contributed by atoms with Gasteiger partial charge in [0, 0.05) is 4.88 Å². The number of ether oxygens (including phenoxy) is 1. The fraction of sp³-hybridized carbons (Fsp3) is 0.158. The second-order valence-electron chi connectivity index (χ2n) is 5.28. The van der Waals surface area contributed by atoms with E-state index >= 15 is 0 Å². The number of para-hydroxylation sites is 1. The normalized spacial score (nSPS) is 17.5. The quantitative estimate of drug-likeness (QED) is 0.746. The van der Waals surface area contributed by atoms with E-state index < -0.39 is 5.97 Å². The van der Waals surface area contributed by atoms with Gasteiger partial charge in [-0.2, -0.15) is 0 Å². The van der Waals surface area contributed by atoms with Crippen molar-refractivity contribution in [2.75, 3.05) is 6.61 Å². The monoisotopic (exact) mass is 371 g/mol. The van der Waals surface area contributed by atoms with Crippen LogP contribution in [-0.4, -0.2) is 22.7 Å². The molecule has 0 saturated heterocycles. The Kier molecular flexibility index (Phi) is 5.40. The van der Waals surface area contributed by atoms with E-state index in [1.165, 1.54) is 11.8 Å². The summed E-state index contributed by atoms with van der Waals surface area (Å²) in [4.78, 5) is 18.5. The Morgan fingerprint density at radius 2 is 2.04 bits per heavy atom. The third kappa shape index (κ3) is 3.86. The average molecular weight is 371 g/mol. The maximum absolute atomic E-state index is 12.3. The van der Waals surface area contributed by atoms with Crippen LogP contribution in [0.25, 0.3) is 6.08 Å². The predicted octanol–water partition coefficient (Wildman–Crippen LogP) is 5.25. The van der Waals surface area contributed by atoms with Crippen LogP contribution >= 0.6 is 23.1 Å². The van der Waals surface area contributed by atoms with E-state index in [0.29, 0.717) is 15.6 Å². The Balaban J connectivity index is 2.04. The number of thioether (sulfide) groups is 1. The molecule has 0 radical (unpaired) electrons. The van der Waals surface area contributed by atoms with Crippen molar-refractivity contribution in [3.8, 4) is 0 Å². The molecule has 0 aliphatic carbocycles. The number of aryl methyl sites for hydroxylation is 1. The molecule has 1 aromatic heterocycles. The summed E-state index contributed by atoms with van der Waals surface area (Å²) in [6.07, 6.45) is 1.88. The van der Waals surface area contributed by atoms with Gasteiger partial charge in [-0.1, -0.05) is 30.0 Å². The Bertz CT molecular complexity index is 879. The molecule has 1 N–H and O–H groups in total. The number of esters is 1. The molecule has 2 heterocycles. The van der Waals surface area contributed by atoms with Gasteiger partial charge in [0.25, 0.3) is 0 Å². The van der Waals surface area contributed by atoms with Crippen LogP contribution in [0.3, 0.4) is 0 Å². The van der Waals surface area contributed by atoms with E-state index in [1.54, 1.807) is 18.3 Å². The summed E-state index contributed by atoms with van der Waals surface area (Å²) in [5.41, 5.74) is 1.96. The maximum atomic E-state index is 12.3. The third-order valence-electron chi connectivity index (χ3n) is 3.52. The van der Waals surface area contributed by atoms with Crippen molar-refractivity contribution in [1.29, 1.82) is 0 Å². The number of aliphatic imine (C=N–C) groups is 1. The van der Waals surface area contributed by atoms with E-state index in [4.69, 9.17) is 4.74 Å². The molecule has 0 fully saturated rings. The Labute approximate surface area is 154 Å². The molecule has 128 valence electrons. The predicted molar refractivity (Wildman–Crippen MR) is 104 cm³/mol. The summed E-state index contributed by atoms with van der Waals surface area (Å²) in [7, 11) is 0. The van der Waals surface area contributed by atoms with Crippen LogP contribution < -0.4 is 0 Å². The van der Waals surface area contributed by atoms with Crippen LogP contribution in [0.5, 0.6) is 0 Å². The smallest absolute Gasteiger partial charge is 0.344 e. The number of benzene rings is 1. The van der Waals surface area contributed by atoms with Gasteiger partial charge in [-0.25, -0.2) is 9.79 Å². The topological polar surface area (TPSA) is 58.9 Å². The first-order chi connectivity index (χ1) is 12.1. The molecule has 0 unspecified atom stereocenters. The number of aliphatic hydroxyl groups excluding tert-OH is 1. The molecule has 3 rings (SSSR count). The lowest BCUT2D eigenvalue weighted by atomic mass is 10.2. The number of carbonyl (C=O) groups is 1. The Morgan fingerprint density at radius 3 is 2.68 bits per heavy atom. The van der Waals surface area contributed by atoms with Gasteiger partial charge in [0.1, 0.15) is 16.4 Å². The van der Waals surface area contributed by atoms with Crippen molar-refractivity contribution in [3.05, 3.63) is 68.5 Å². The highest BCUT2D eigenvalue weighted by atomic mass is 32.2. The summed E-state index contributed by atoms with van der Waals surface area (Å²) < 4.78 is 5.10. The molecule has 2 aromatic rings. The molecule has 0 saturated carbocycles. The SMILES string of the molecule is CCOC(=O)C1=C(O)/C(=C/c2sccc2C)SC1=Nc1ccccc1.